The van der Waals surface area contributed by atoms with E-state index in [1.807, 2.05) is 24.3 Å². The molecule has 0 radical (unpaired) electrons. The summed E-state index contributed by atoms with van der Waals surface area (Å²) < 4.78 is 0. The van der Waals surface area contributed by atoms with Gasteiger partial charge in [0.1, 0.15) is 0 Å². The lowest BCUT2D eigenvalue weighted by atomic mass is 10.1. The fourth-order valence-electron chi connectivity index (χ4n) is 2.84. The summed E-state index contributed by atoms with van der Waals surface area (Å²) in [6, 6.07) is 8.17. The van der Waals surface area contributed by atoms with Crippen molar-refractivity contribution in [3.63, 3.8) is 0 Å². The first-order valence-corrected chi connectivity index (χ1v) is 7.84. The zero-order valence-electron chi connectivity index (χ0n) is 12.4. The zero-order chi connectivity index (χ0) is 14.5. The van der Waals surface area contributed by atoms with Crippen molar-refractivity contribution in [1.29, 1.82) is 0 Å². The summed E-state index contributed by atoms with van der Waals surface area (Å²) in [5, 5.41) is 10.9. The molecule has 0 aliphatic carbocycles. The average molecular weight is 297 g/mol. The van der Waals surface area contributed by atoms with Gasteiger partial charge in [0.05, 0.1) is 6.10 Å². The van der Waals surface area contributed by atoms with E-state index in [1.54, 1.807) is 0 Å². The van der Waals surface area contributed by atoms with Crippen LogP contribution in [0.4, 0.5) is 0 Å². The molecule has 1 aliphatic heterocycles. The Morgan fingerprint density at radius 2 is 2.20 bits per heavy atom. The fourth-order valence-corrected chi connectivity index (χ4v) is 3.04. The third-order valence-electron chi connectivity index (χ3n) is 4.28. The molecule has 112 valence electrons. The molecule has 1 aliphatic rings. The molecule has 1 N–H and O–H groups in total. The number of halogens is 1. The summed E-state index contributed by atoms with van der Waals surface area (Å²) in [5.41, 5.74) is 0.915. The number of benzene rings is 1. The van der Waals surface area contributed by atoms with Crippen LogP contribution in [0.15, 0.2) is 24.3 Å². The molecule has 0 saturated carbocycles. The molecule has 4 heteroatoms. The van der Waals surface area contributed by atoms with Gasteiger partial charge in [-0.1, -0.05) is 30.7 Å². The number of likely N-dealkylation sites (N-methyl/N-ethyl adjacent to an activating group) is 1. The van der Waals surface area contributed by atoms with Crippen molar-refractivity contribution < 1.29 is 5.11 Å². The molecule has 20 heavy (non-hydrogen) atoms. The van der Waals surface area contributed by atoms with E-state index in [4.69, 9.17) is 11.6 Å². The Morgan fingerprint density at radius 1 is 1.40 bits per heavy atom. The number of aliphatic hydroxyl groups excluding tert-OH is 1. The van der Waals surface area contributed by atoms with Gasteiger partial charge in [-0.2, -0.15) is 0 Å². The highest BCUT2D eigenvalue weighted by molar-refractivity contribution is 6.30. The smallest absolute Gasteiger partial charge is 0.0802 e. The summed E-state index contributed by atoms with van der Waals surface area (Å²) in [6.07, 6.45) is 1.53. The molecule has 0 aromatic heterocycles. The average Bonchev–Trinajstić information content (AvgIpc) is 2.46. The lowest BCUT2D eigenvalue weighted by Gasteiger charge is -2.39. The monoisotopic (exact) mass is 296 g/mol. The van der Waals surface area contributed by atoms with Gasteiger partial charge in [0, 0.05) is 37.2 Å². The molecule has 1 fully saturated rings. The first-order chi connectivity index (χ1) is 9.60. The van der Waals surface area contributed by atoms with E-state index in [1.165, 1.54) is 6.42 Å². The Morgan fingerprint density at radius 3 is 2.90 bits per heavy atom. The minimum absolute atomic E-state index is 0.423. The number of piperazine rings is 1. The third kappa shape index (κ3) is 4.19. The van der Waals surface area contributed by atoms with E-state index < -0.39 is 6.10 Å². The van der Waals surface area contributed by atoms with Crippen LogP contribution in [0.1, 0.15) is 31.4 Å². The van der Waals surface area contributed by atoms with E-state index in [2.05, 4.69) is 23.8 Å². The second-order valence-corrected chi connectivity index (χ2v) is 6.14. The first kappa shape index (κ1) is 15.8. The van der Waals surface area contributed by atoms with Gasteiger partial charge in [0.15, 0.2) is 0 Å². The zero-order valence-corrected chi connectivity index (χ0v) is 13.2. The first-order valence-electron chi connectivity index (χ1n) is 7.46. The lowest BCUT2D eigenvalue weighted by Crippen LogP contribution is -2.51. The topological polar surface area (TPSA) is 26.7 Å². The van der Waals surface area contributed by atoms with Gasteiger partial charge in [-0.25, -0.2) is 0 Å². The molecule has 0 amide bonds. The maximum absolute atomic E-state index is 10.3. The van der Waals surface area contributed by atoms with Gasteiger partial charge in [-0.15, -0.1) is 0 Å². The summed E-state index contributed by atoms with van der Waals surface area (Å²) >= 11 is 5.96. The Bertz CT molecular complexity index is 427. The maximum Gasteiger partial charge on any atom is 0.0802 e. The predicted octanol–water partition coefficient (Wildman–Crippen LogP) is 2.79. The molecule has 1 aromatic carbocycles. The van der Waals surface area contributed by atoms with E-state index >= 15 is 0 Å². The highest BCUT2D eigenvalue weighted by atomic mass is 35.5. The van der Waals surface area contributed by atoms with Crippen molar-refractivity contribution in [2.75, 3.05) is 33.2 Å². The molecule has 1 saturated heterocycles. The highest BCUT2D eigenvalue weighted by Crippen LogP contribution is 2.21. The van der Waals surface area contributed by atoms with E-state index in [-0.39, 0.29) is 0 Å². The van der Waals surface area contributed by atoms with E-state index in [9.17, 15) is 5.11 Å². The van der Waals surface area contributed by atoms with Crippen molar-refractivity contribution in [2.45, 2.75) is 31.9 Å². The number of hydrogen-bond acceptors (Lipinski definition) is 3. The van der Waals surface area contributed by atoms with Gasteiger partial charge >= 0.3 is 0 Å². The molecule has 2 atom stereocenters. The summed E-state index contributed by atoms with van der Waals surface area (Å²) in [6.45, 7) is 6.50. The molecule has 0 bridgehead atoms. The normalized spacial score (nSPS) is 22.9. The Balaban J connectivity index is 1.83. The quantitative estimate of drug-likeness (QED) is 0.905. The van der Waals surface area contributed by atoms with Crippen molar-refractivity contribution in [3.8, 4) is 0 Å². The van der Waals surface area contributed by atoms with Crippen LogP contribution in [0.25, 0.3) is 0 Å². The Kier molecular flexibility index (Phi) is 5.85. The molecule has 0 spiro atoms. The van der Waals surface area contributed by atoms with Crippen LogP contribution >= 0.6 is 11.6 Å². The van der Waals surface area contributed by atoms with Crippen molar-refractivity contribution in [1.82, 2.24) is 9.80 Å². The van der Waals surface area contributed by atoms with Crippen LogP contribution in [0.3, 0.4) is 0 Å². The summed E-state index contributed by atoms with van der Waals surface area (Å²) in [4.78, 5) is 4.89. The minimum atomic E-state index is -0.423. The summed E-state index contributed by atoms with van der Waals surface area (Å²) in [5.74, 6) is 0. The van der Waals surface area contributed by atoms with Gasteiger partial charge in [0.2, 0.25) is 0 Å². The van der Waals surface area contributed by atoms with Gasteiger partial charge in [0.25, 0.3) is 0 Å². The van der Waals surface area contributed by atoms with Gasteiger partial charge in [-0.05, 0) is 37.6 Å². The molecule has 2 rings (SSSR count). The van der Waals surface area contributed by atoms with Crippen molar-refractivity contribution in [3.05, 3.63) is 34.9 Å². The second-order valence-electron chi connectivity index (χ2n) is 5.70. The molecule has 3 nitrogen and oxygen atoms in total. The van der Waals surface area contributed by atoms with Crippen LogP contribution in [-0.4, -0.2) is 54.2 Å². The molecular weight excluding hydrogens is 272 g/mol. The molecule has 1 heterocycles. The van der Waals surface area contributed by atoms with Gasteiger partial charge in [-0.3, -0.25) is 0 Å². The van der Waals surface area contributed by atoms with Crippen LogP contribution in [0.2, 0.25) is 5.02 Å². The largest absolute Gasteiger partial charge is 0.388 e. The SMILES string of the molecule is CCC1CN(CCC(O)c2cccc(Cl)c2)CCN1C. The van der Waals surface area contributed by atoms with Gasteiger partial charge < -0.3 is 14.9 Å². The van der Waals surface area contributed by atoms with Crippen LogP contribution in [0.5, 0.6) is 0 Å². The van der Waals surface area contributed by atoms with E-state index in [0.717, 1.165) is 38.2 Å². The van der Waals surface area contributed by atoms with Crippen LogP contribution in [-0.2, 0) is 0 Å². The standard InChI is InChI=1S/C16H25ClN2O/c1-3-15-12-19(10-9-18(15)2)8-7-16(20)13-5-4-6-14(17)11-13/h4-6,11,15-16,20H,3,7-10,12H2,1-2H3. The fraction of sp³-hybridized carbons (Fsp3) is 0.625. The molecular formula is C16H25ClN2O. The molecule has 1 aromatic rings. The Labute approximate surface area is 127 Å². The van der Waals surface area contributed by atoms with E-state index in [0.29, 0.717) is 11.1 Å². The summed E-state index contributed by atoms with van der Waals surface area (Å²) in [7, 11) is 2.20. The second kappa shape index (κ2) is 7.41. The van der Waals surface area contributed by atoms with Crippen LogP contribution < -0.4 is 0 Å². The highest BCUT2D eigenvalue weighted by Gasteiger charge is 2.23. The Hall–Kier alpha value is -0.610. The molecule has 2 unspecified atom stereocenters. The number of aliphatic hydroxyl groups is 1. The minimum Gasteiger partial charge on any atom is -0.388 e. The van der Waals surface area contributed by atoms with Crippen molar-refractivity contribution in [2.24, 2.45) is 0 Å². The number of nitrogens with zero attached hydrogens (tertiary/aromatic N) is 2. The third-order valence-corrected chi connectivity index (χ3v) is 4.52. The van der Waals surface area contributed by atoms with Crippen LogP contribution in [0, 0.1) is 0 Å². The number of hydrogen-bond donors (Lipinski definition) is 1. The lowest BCUT2D eigenvalue weighted by molar-refractivity contribution is 0.0755. The predicted molar refractivity (Wildman–Crippen MR) is 84.2 cm³/mol. The van der Waals surface area contributed by atoms with Crippen molar-refractivity contribution >= 4 is 11.6 Å². The maximum atomic E-state index is 10.3. The number of rotatable bonds is 5.